The molecule has 3 aromatic rings. The Bertz CT molecular complexity index is 1230. The Labute approximate surface area is 225 Å². The minimum atomic E-state index is -0.748. The highest BCUT2D eigenvalue weighted by Crippen LogP contribution is 2.38. The third-order valence-corrected chi connectivity index (χ3v) is 6.93. The Hall–Kier alpha value is -2.88. The second-order valence-corrected chi connectivity index (χ2v) is 9.68. The van der Waals surface area contributed by atoms with E-state index in [2.05, 4.69) is 20.7 Å². The lowest BCUT2D eigenvalue weighted by Gasteiger charge is -2.22. The van der Waals surface area contributed by atoms with Crippen LogP contribution < -0.4 is 15.4 Å². The predicted molar refractivity (Wildman–Crippen MR) is 142 cm³/mol. The predicted octanol–water partition coefficient (Wildman–Crippen LogP) is 6.80. The first-order valence-corrected chi connectivity index (χ1v) is 13.1. The van der Waals surface area contributed by atoms with Crippen molar-refractivity contribution in [2.24, 2.45) is 0 Å². The van der Waals surface area contributed by atoms with Crippen LogP contribution in [-0.4, -0.2) is 40.6 Å². The fourth-order valence-electron chi connectivity index (χ4n) is 4.15. The van der Waals surface area contributed by atoms with Gasteiger partial charge in [-0.25, -0.2) is 14.2 Å². The zero-order valence-corrected chi connectivity index (χ0v) is 22.3. The lowest BCUT2D eigenvalue weighted by molar-refractivity contribution is 0.159. The van der Waals surface area contributed by atoms with Crippen LogP contribution in [0.15, 0.2) is 36.8 Å². The number of piperidine rings is 1. The highest BCUT2D eigenvalue weighted by Gasteiger charge is 2.22. The van der Waals surface area contributed by atoms with Crippen LogP contribution in [0.5, 0.6) is 5.75 Å². The van der Waals surface area contributed by atoms with Gasteiger partial charge in [0.15, 0.2) is 11.6 Å². The van der Waals surface area contributed by atoms with Crippen LogP contribution in [0.25, 0.3) is 11.1 Å². The molecule has 1 atom stereocenters. The summed E-state index contributed by atoms with van der Waals surface area (Å²) in [7, 11) is 0. The van der Waals surface area contributed by atoms with E-state index in [1.165, 1.54) is 12.1 Å². The second kappa shape index (κ2) is 12.6. The number of nitrogens with zero attached hydrogens (tertiary/aromatic N) is 3. The summed E-state index contributed by atoms with van der Waals surface area (Å²) in [6.45, 7) is 5.90. The van der Waals surface area contributed by atoms with Gasteiger partial charge in [-0.05, 0) is 57.5 Å². The molecule has 0 bridgehead atoms. The molecule has 4 rings (SSSR count). The molecule has 11 heteroatoms. The molecular formula is C26H30Cl2FN5O3. The van der Waals surface area contributed by atoms with E-state index in [0.29, 0.717) is 11.6 Å². The van der Waals surface area contributed by atoms with Crippen LogP contribution in [-0.2, 0) is 4.74 Å². The lowest BCUT2D eigenvalue weighted by atomic mass is 10.1. The average Bonchev–Trinajstić information content (AvgIpc) is 3.39. The Morgan fingerprint density at radius 3 is 2.81 bits per heavy atom. The van der Waals surface area contributed by atoms with E-state index in [-0.39, 0.29) is 28.2 Å². The van der Waals surface area contributed by atoms with Gasteiger partial charge in [0.2, 0.25) is 0 Å². The van der Waals surface area contributed by atoms with Gasteiger partial charge >= 0.3 is 6.09 Å². The average molecular weight is 550 g/mol. The summed E-state index contributed by atoms with van der Waals surface area (Å²) in [6, 6.07) is 4.69. The maximum absolute atomic E-state index is 14.2. The maximum Gasteiger partial charge on any atom is 0.412 e. The van der Waals surface area contributed by atoms with Gasteiger partial charge in [-0.3, -0.25) is 10.00 Å². The van der Waals surface area contributed by atoms with Crippen molar-refractivity contribution in [1.82, 2.24) is 20.1 Å². The molecule has 37 heavy (non-hydrogen) atoms. The molecule has 1 saturated heterocycles. The van der Waals surface area contributed by atoms with E-state index in [0.717, 1.165) is 49.9 Å². The first-order valence-electron chi connectivity index (χ1n) is 12.4. The number of anilines is 1. The van der Waals surface area contributed by atoms with Crippen molar-refractivity contribution in [3.05, 3.63) is 58.2 Å². The van der Waals surface area contributed by atoms with Crippen LogP contribution >= 0.6 is 23.2 Å². The molecule has 198 valence electrons. The Balaban J connectivity index is 1.62. The van der Waals surface area contributed by atoms with Crippen molar-refractivity contribution in [2.75, 3.05) is 25.0 Å². The molecule has 8 nitrogen and oxygen atoms in total. The summed E-state index contributed by atoms with van der Waals surface area (Å²) >= 11 is 12.5. The SMILES string of the molecule is CCCCOC(=O)Nc1ncc(-c2cnn(C3CCNCC3)c2)cc1O[C@H](C)c1c(Cl)ccc(F)c1Cl. The highest BCUT2D eigenvalue weighted by molar-refractivity contribution is 6.36. The van der Waals surface area contributed by atoms with E-state index in [9.17, 15) is 9.18 Å². The largest absolute Gasteiger partial charge is 0.482 e. The normalized spacial score (nSPS) is 14.8. The van der Waals surface area contributed by atoms with E-state index >= 15 is 0 Å². The van der Waals surface area contributed by atoms with Gasteiger partial charge in [-0.15, -0.1) is 0 Å². The van der Waals surface area contributed by atoms with Crippen LogP contribution in [0.1, 0.15) is 57.2 Å². The number of hydrogen-bond donors (Lipinski definition) is 2. The van der Waals surface area contributed by atoms with Gasteiger partial charge in [0.05, 0.1) is 23.9 Å². The number of rotatable bonds is 9. The molecule has 0 spiro atoms. The zero-order valence-electron chi connectivity index (χ0n) is 20.8. The minimum Gasteiger partial charge on any atom is -0.482 e. The molecule has 1 aromatic carbocycles. The third-order valence-electron chi connectivity index (χ3n) is 6.21. The molecule has 1 fully saturated rings. The van der Waals surface area contributed by atoms with Gasteiger partial charge in [0.1, 0.15) is 11.9 Å². The highest BCUT2D eigenvalue weighted by atomic mass is 35.5. The van der Waals surface area contributed by atoms with E-state index in [1.54, 1.807) is 25.4 Å². The van der Waals surface area contributed by atoms with E-state index in [4.69, 9.17) is 32.7 Å². The topological polar surface area (TPSA) is 90.3 Å². The van der Waals surface area contributed by atoms with Crippen LogP contribution in [0, 0.1) is 5.82 Å². The molecule has 2 aromatic heterocycles. The number of pyridine rings is 1. The Morgan fingerprint density at radius 2 is 2.05 bits per heavy atom. The summed E-state index contributed by atoms with van der Waals surface area (Å²) in [6.07, 6.45) is 7.64. The zero-order chi connectivity index (χ0) is 26.4. The molecule has 0 aliphatic carbocycles. The number of nitrogens with one attached hydrogen (secondary N) is 2. The third kappa shape index (κ3) is 6.71. The summed E-state index contributed by atoms with van der Waals surface area (Å²) in [5.41, 5.74) is 1.88. The molecule has 1 aliphatic rings. The monoisotopic (exact) mass is 549 g/mol. The molecule has 0 radical (unpaired) electrons. The number of amides is 1. The standard InChI is InChI=1S/C26H30Cl2FN5O3/c1-3-4-11-36-26(35)33-25-22(37-16(2)23-20(27)5-6-21(29)24(23)28)12-17(13-31-25)18-14-32-34(15-18)19-7-9-30-10-8-19/h5-6,12-16,19,30H,3-4,7-11H2,1-2H3,(H,31,33,35)/t16-/m1/s1. The molecule has 2 N–H and O–H groups in total. The van der Waals surface area contributed by atoms with E-state index in [1.807, 2.05) is 17.8 Å². The molecule has 1 aliphatic heterocycles. The Morgan fingerprint density at radius 1 is 1.27 bits per heavy atom. The number of carbonyl (C=O) groups is 1. The van der Waals surface area contributed by atoms with Crippen LogP contribution in [0.4, 0.5) is 15.0 Å². The van der Waals surface area contributed by atoms with Crippen molar-refractivity contribution < 1.29 is 18.7 Å². The fourth-order valence-corrected chi connectivity index (χ4v) is 4.83. The lowest BCUT2D eigenvalue weighted by Crippen LogP contribution is -2.29. The van der Waals surface area contributed by atoms with Gasteiger partial charge in [-0.2, -0.15) is 5.10 Å². The number of benzene rings is 1. The number of aromatic nitrogens is 3. The smallest absolute Gasteiger partial charge is 0.412 e. The van der Waals surface area contributed by atoms with Crippen molar-refractivity contribution in [2.45, 2.75) is 51.7 Å². The van der Waals surface area contributed by atoms with E-state index < -0.39 is 18.0 Å². The second-order valence-electron chi connectivity index (χ2n) is 8.89. The number of ether oxygens (including phenoxy) is 2. The first kappa shape index (κ1) is 27.2. The molecular weight excluding hydrogens is 520 g/mol. The van der Waals surface area contributed by atoms with Crippen molar-refractivity contribution in [3.8, 4) is 16.9 Å². The van der Waals surface area contributed by atoms with Crippen molar-refractivity contribution in [3.63, 3.8) is 0 Å². The number of halogens is 3. The summed E-state index contributed by atoms with van der Waals surface area (Å²) in [5, 5.41) is 10.7. The molecule has 0 saturated carbocycles. The van der Waals surface area contributed by atoms with Crippen LogP contribution in [0.3, 0.4) is 0 Å². The minimum absolute atomic E-state index is 0.124. The maximum atomic E-state index is 14.2. The summed E-state index contributed by atoms with van der Waals surface area (Å²) in [4.78, 5) is 16.8. The summed E-state index contributed by atoms with van der Waals surface area (Å²) in [5.74, 6) is -0.193. The molecule has 0 unspecified atom stereocenters. The summed E-state index contributed by atoms with van der Waals surface area (Å²) < 4.78 is 27.5. The van der Waals surface area contributed by atoms with Gasteiger partial charge in [0.25, 0.3) is 0 Å². The van der Waals surface area contributed by atoms with Gasteiger partial charge in [0, 0.05) is 34.1 Å². The Kier molecular flexibility index (Phi) is 9.23. The van der Waals surface area contributed by atoms with Gasteiger partial charge < -0.3 is 14.8 Å². The first-order chi connectivity index (χ1) is 17.9. The van der Waals surface area contributed by atoms with Crippen molar-refractivity contribution in [1.29, 1.82) is 0 Å². The number of carbonyl (C=O) groups excluding carboxylic acids is 1. The molecule has 1 amide bonds. The number of hydrogen-bond acceptors (Lipinski definition) is 6. The molecule has 3 heterocycles. The number of unbranched alkanes of at least 4 members (excludes halogenated alkanes) is 1. The fraction of sp³-hybridized carbons (Fsp3) is 0.423. The van der Waals surface area contributed by atoms with Crippen LogP contribution in [0.2, 0.25) is 10.0 Å². The van der Waals surface area contributed by atoms with Crippen molar-refractivity contribution >= 4 is 35.1 Å². The van der Waals surface area contributed by atoms with Gasteiger partial charge in [-0.1, -0.05) is 36.5 Å². The quantitative estimate of drug-likeness (QED) is 0.225.